The summed E-state index contributed by atoms with van der Waals surface area (Å²) >= 11 is 0. The van der Waals surface area contributed by atoms with Crippen LogP contribution in [-0.2, 0) is 25.8 Å². The van der Waals surface area contributed by atoms with Crippen molar-refractivity contribution in [3.63, 3.8) is 0 Å². The zero-order valence-corrected chi connectivity index (χ0v) is 15.6. The number of carbonyl (C=O) groups is 2. The molecule has 7 heteroatoms. The molecular formula is C21H23FN4O2. The van der Waals surface area contributed by atoms with E-state index < -0.39 is 11.8 Å². The van der Waals surface area contributed by atoms with Gasteiger partial charge in [0.05, 0.1) is 5.69 Å². The van der Waals surface area contributed by atoms with Crippen LogP contribution in [-0.4, -0.2) is 23.5 Å². The molecule has 28 heavy (non-hydrogen) atoms. The van der Waals surface area contributed by atoms with Crippen LogP contribution < -0.4 is 16.4 Å². The number of benzene rings is 2. The Balaban J connectivity index is 1.47. The topological polar surface area (TPSA) is 87.5 Å². The van der Waals surface area contributed by atoms with Crippen molar-refractivity contribution in [3.05, 3.63) is 58.4 Å². The third kappa shape index (κ3) is 3.78. The Labute approximate surface area is 162 Å². The van der Waals surface area contributed by atoms with Crippen LogP contribution in [0.15, 0.2) is 30.3 Å². The van der Waals surface area contributed by atoms with Crippen molar-refractivity contribution in [1.82, 2.24) is 4.90 Å². The lowest BCUT2D eigenvalue weighted by molar-refractivity contribution is 0.206. The van der Waals surface area contributed by atoms with Gasteiger partial charge in [0.1, 0.15) is 5.82 Å². The summed E-state index contributed by atoms with van der Waals surface area (Å²) < 4.78 is 13.7. The number of hydrogen-bond donors (Lipinski definition) is 3. The van der Waals surface area contributed by atoms with Gasteiger partial charge in [0, 0.05) is 18.8 Å². The molecule has 0 bridgehead atoms. The van der Waals surface area contributed by atoms with Gasteiger partial charge in [-0.2, -0.15) is 0 Å². The molecule has 4 N–H and O–H groups in total. The molecule has 0 aromatic heterocycles. The molecule has 1 heterocycles. The number of nitrogens with two attached hydrogens (primary N) is 1. The number of rotatable bonds is 2. The largest absolute Gasteiger partial charge is 0.351 e. The van der Waals surface area contributed by atoms with E-state index in [0.29, 0.717) is 18.8 Å². The van der Waals surface area contributed by atoms with Crippen molar-refractivity contribution in [2.75, 3.05) is 17.2 Å². The molecule has 0 saturated heterocycles. The molecule has 1 aliphatic carbocycles. The first kappa shape index (κ1) is 18.3. The summed E-state index contributed by atoms with van der Waals surface area (Å²) in [5.41, 5.74) is 10.8. The zero-order chi connectivity index (χ0) is 19.7. The molecule has 0 radical (unpaired) electrons. The van der Waals surface area contributed by atoms with Crippen LogP contribution in [0, 0.1) is 5.82 Å². The molecule has 146 valence electrons. The van der Waals surface area contributed by atoms with Crippen molar-refractivity contribution >= 4 is 23.4 Å². The first-order valence-corrected chi connectivity index (χ1v) is 9.55. The second kappa shape index (κ2) is 7.50. The molecule has 0 atom stereocenters. The minimum absolute atomic E-state index is 0.0686. The van der Waals surface area contributed by atoms with Crippen LogP contribution >= 0.6 is 0 Å². The lowest BCUT2D eigenvalue weighted by Gasteiger charge is -2.31. The van der Waals surface area contributed by atoms with E-state index in [9.17, 15) is 14.0 Å². The maximum atomic E-state index is 13.7. The summed E-state index contributed by atoms with van der Waals surface area (Å²) in [6.07, 6.45) is 5.57. The number of hydrogen-bond acceptors (Lipinski definition) is 2. The fourth-order valence-electron chi connectivity index (χ4n) is 4.02. The van der Waals surface area contributed by atoms with Crippen molar-refractivity contribution in [2.24, 2.45) is 5.73 Å². The second-order valence-corrected chi connectivity index (χ2v) is 7.38. The lowest BCUT2D eigenvalue weighted by Crippen LogP contribution is -2.39. The maximum absolute atomic E-state index is 13.7. The van der Waals surface area contributed by atoms with E-state index in [1.54, 1.807) is 4.90 Å². The number of primary amides is 1. The van der Waals surface area contributed by atoms with Gasteiger partial charge in [-0.1, -0.05) is 12.1 Å². The van der Waals surface area contributed by atoms with Crippen molar-refractivity contribution in [2.45, 2.75) is 38.6 Å². The van der Waals surface area contributed by atoms with Gasteiger partial charge in [0.15, 0.2) is 0 Å². The maximum Gasteiger partial charge on any atom is 0.322 e. The number of fused-ring (bicyclic) bond motifs is 2. The fourth-order valence-corrected chi connectivity index (χ4v) is 4.02. The second-order valence-electron chi connectivity index (χ2n) is 7.38. The number of amides is 4. The summed E-state index contributed by atoms with van der Waals surface area (Å²) in [7, 11) is 0. The monoisotopic (exact) mass is 382 g/mol. The molecule has 4 amide bonds. The van der Waals surface area contributed by atoms with Crippen molar-refractivity contribution in [1.29, 1.82) is 0 Å². The number of halogens is 1. The van der Waals surface area contributed by atoms with Gasteiger partial charge in [-0.3, -0.25) is 0 Å². The average molecular weight is 382 g/mol. The molecule has 1 aliphatic heterocycles. The van der Waals surface area contributed by atoms with Crippen LogP contribution in [0.3, 0.4) is 0 Å². The first-order valence-electron chi connectivity index (χ1n) is 9.55. The minimum Gasteiger partial charge on any atom is -0.351 e. The predicted molar refractivity (Wildman–Crippen MR) is 106 cm³/mol. The molecule has 6 nitrogen and oxygen atoms in total. The number of aryl methyl sites for hydroxylation is 2. The quantitative estimate of drug-likeness (QED) is 0.738. The molecule has 2 aliphatic rings. The SMILES string of the molecule is NC(=O)Nc1cc(NC(=O)N2CCc3cc4c(cc3C2)CCCC4)ccc1F. The van der Waals surface area contributed by atoms with Crippen molar-refractivity contribution < 1.29 is 14.0 Å². The Kier molecular flexibility index (Phi) is 4.90. The Morgan fingerprint density at radius 3 is 2.32 bits per heavy atom. The Hall–Kier alpha value is -3.09. The van der Waals surface area contributed by atoms with E-state index in [0.717, 1.165) is 19.3 Å². The van der Waals surface area contributed by atoms with Crippen LogP contribution in [0.5, 0.6) is 0 Å². The third-order valence-corrected chi connectivity index (χ3v) is 5.44. The zero-order valence-electron chi connectivity index (χ0n) is 15.6. The summed E-state index contributed by atoms with van der Waals surface area (Å²) in [4.78, 5) is 25.4. The van der Waals surface area contributed by atoms with Crippen molar-refractivity contribution in [3.8, 4) is 0 Å². The van der Waals surface area contributed by atoms with Crippen LogP contribution in [0.25, 0.3) is 0 Å². The Morgan fingerprint density at radius 1 is 0.929 bits per heavy atom. The smallest absolute Gasteiger partial charge is 0.322 e. The first-order chi connectivity index (χ1) is 13.5. The highest BCUT2D eigenvalue weighted by Gasteiger charge is 2.23. The molecular weight excluding hydrogens is 359 g/mol. The summed E-state index contributed by atoms with van der Waals surface area (Å²) in [6.45, 7) is 1.19. The van der Waals surface area contributed by atoms with E-state index in [1.807, 2.05) is 0 Å². The highest BCUT2D eigenvalue weighted by atomic mass is 19.1. The minimum atomic E-state index is -0.863. The van der Waals surface area contributed by atoms with Gasteiger partial charge in [0.2, 0.25) is 0 Å². The standard InChI is InChI=1S/C21H23FN4O2/c22-18-6-5-17(11-19(18)25-20(23)27)24-21(28)26-8-7-15-9-13-3-1-2-4-14(13)10-16(15)12-26/h5-6,9-11H,1-4,7-8,12H2,(H,24,28)(H3,23,25,27). The molecule has 0 fully saturated rings. The van der Waals surface area contributed by atoms with Crippen LogP contribution in [0.4, 0.5) is 25.4 Å². The number of carbonyl (C=O) groups excluding carboxylic acids is 2. The van der Waals surface area contributed by atoms with Gasteiger partial charge >= 0.3 is 12.1 Å². The summed E-state index contributed by atoms with van der Waals surface area (Å²) in [5, 5.41) is 4.98. The van der Waals surface area contributed by atoms with Gasteiger partial charge in [-0.05, 0) is 72.6 Å². The van der Waals surface area contributed by atoms with E-state index >= 15 is 0 Å². The van der Waals surface area contributed by atoms with Gasteiger partial charge < -0.3 is 21.3 Å². The number of anilines is 2. The lowest BCUT2D eigenvalue weighted by atomic mass is 9.86. The number of nitrogens with one attached hydrogen (secondary N) is 2. The van der Waals surface area contributed by atoms with E-state index in [4.69, 9.17) is 5.73 Å². The average Bonchev–Trinajstić information content (AvgIpc) is 2.68. The highest BCUT2D eigenvalue weighted by molar-refractivity contribution is 5.92. The predicted octanol–water partition coefficient (Wildman–Crippen LogP) is 3.79. The molecule has 2 aromatic rings. The highest BCUT2D eigenvalue weighted by Crippen LogP contribution is 2.29. The normalized spacial score (nSPS) is 15.4. The van der Waals surface area contributed by atoms with E-state index in [1.165, 1.54) is 53.3 Å². The molecule has 0 saturated carbocycles. The number of urea groups is 2. The molecule has 0 spiro atoms. The Bertz CT molecular complexity index is 944. The van der Waals surface area contributed by atoms with Gasteiger partial charge in [0.25, 0.3) is 0 Å². The third-order valence-electron chi connectivity index (χ3n) is 5.44. The van der Waals surface area contributed by atoms with E-state index in [-0.39, 0.29) is 11.7 Å². The molecule has 4 rings (SSSR count). The van der Waals surface area contributed by atoms with Gasteiger partial charge in [-0.25, -0.2) is 14.0 Å². The molecule has 2 aromatic carbocycles. The summed E-state index contributed by atoms with van der Waals surface area (Å²) in [5.74, 6) is -0.617. The Morgan fingerprint density at radius 2 is 1.61 bits per heavy atom. The number of nitrogens with zero attached hydrogens (tertiary/aromatic N) is 1. The van der Waals surface area contributed by atoms with E-state index in [2.05, 4.69) is 22.8 Å². The molecule has 0 unspecified atom stereocenters. The van der Waals surface area contributed by atoms with Crippen LogP contribution in [0.1, 0.15) is 35.1 Å². The van der Waals surface area contributed by atoms with Gasteiger partial charge in [-0.15, -0.1) is 0 Å². The van der Waals surface area contributed by atoms with Crippen LogP contribution in [0.2, 0.25) is 0 Å². The fraction of sp³-hybridized carbons (Fsp3) is 0.333. The summed E-state index contributed by atoms with van der Waals surface area (Å²) in [6, 6.07) is 7.45.